The predicted octanol–water partition coefficient (Wildman–Crippen LogP) is 1.46. The van der Waals surface area contributed by atoms with Gasteiger partial charge in [0.1, 0.15) is 11.6 Å². The molecule has 0 spiro atoms. The van der Waals surface area contributed by atoms with Gasteiger partial charge < -0.3 is 10.2 Å². The van der Waals surface area contributed by atoms with Gasteiger partial charge in [0.2, 0.25) is 5.91 Å². The van der Waals surface area contributed by atoms with E-state index in [9.17, 15) is 13.6 Å². The zero-order chi connectivity index (χ0) is 13.1. The van der Waals surface area contributed by atoms with E-state index in [1.807, 2.05) is 0 Å². The summed E-state index contributed by atoms with van der Waals surface area (Å²) in [5.41, 5.74) is 0.728. The Morgan fingerprint density at radius 3 is 2.67 bits per heavy atom. The Balaban J connectivity index is 2.14. The van der Waals surface area contributed by atoms with Crippen molar-refractivity contribution in [3.8, 4) is 0 Å². The van der Waals surface area contributed by atoms with Gasteiger partial charge in [-0.25, -0.2) is 8.78 Å². The van der Waals surface area contributed by atoms with E-state index in [1.54, 1.807) is 11.9 Å². The fourth-order valence-electron chi connectivity index (χ4n) is 2.20. The SMILES string of the molecule is CNCCC(=O)N1CCc2c(F)ccc(F)c2C1. The molecule has 2 rings (SSSR count). The first-order valence-electron chi connectivity index (χ1n) is 6.01. The number of nitrogens with one attached hydrogen (secondary N) is 1. The summed E-state index contributed by atoms with van der Waals surface area (Å²) in [4.78, 5) is 13.4. The van der Waals surface area contributed by atoms with E-state index in [0.29, 0.717) is 37.1 Å². The van der Waals surface area contributed by atoms with Crippen molar-refractivity contribution < 1.29 is 13.6 Å². The minimum atomic E-state index is -0.433. The van der Waals surface area contributed by atoms with Crippen molar-refractivity contribution in [3.63, 3.8) is 0 Å². The van der Waals surface area contributed by atoms with Crippen LogP contribution >= 0.6 is 0 Å². The lowest BCUT2D eigenvalue weighted by molar-refractivity contribution is -0.132. The molecule has 1 aliphatic rings. The maximum atomic E-state index is 13.6. The van der Waals surface area contributed by atoms with E-state index in [0.717, 1.165) is 12.1 Å². The number of fused-ring (bicyclic) bond motifs is 1. The highest BCUT2D eigenvalue weighted by atomic mass is 19.1. The Bertz CT molecular complexity index is 463. The second-order valence-corrected chi connectivity index (χ2v) is 4.41. The van der Waals surface area contributed by atoms with Crippen molar-refractivity contribution in [2.24, 2.45) is 0 Å². The normalized spacial score (nSPS) is 14.5. The molecule has 1 aromatic carbocycles. The van der Waals surface area contributed by atoms with Crippen LogP contribution in [0.25, 0.3) is 0 Å². The van der Waals surface area contributed by atoms with Gasteiger partial charge in [-0.1, -0.05) is 0 Å². The summed E-state index contributed by atoms with van der Waals surface area (Å²) in [5.74, 6) is -0.843. The second kappa shape index (κ2) is 5.44. The monoisotopic (exact) mass is 254 g/mol. The van der Waals surface area contributed by atoms with Crippen LogP contribution in [0, 0.1) is 11.6 Å². The summed E-state index contributed by atoms with van der Waals surface area (Å²) in [5, 5.41) is 2.90. The number of halogens is 2. The molecule has 0 unspecified atom stereocenters. The van der Waals surface area contributed by atoms with Crippen molar-refractivity contribution in [3.05, 3.63) is 34.9 Å². The molecule has 1 aromatic rings. The van der Waals surface area contributed by atoms with Gasteiger partial charge in [0.15, 0.2) is 0 Å². The quantitative estimate of drug-likeness (QED) is 0.885. The Hall–Kier alpha value is -1.49. The van der Waals surface area contributed by atoms with Crippen LogP contribution < -0.4 is 5.32 Å². The standard InChI is InChI=1S/C13H16F2N2O/c1-16-6-4-13(18)17-7-5-9-10(8-17)12(15)3-2-11(9)14/h2-3,16H,4-8H2,1H3. The summed E-state index contributed by atoms with van der Waals surface area (Å²) in [6.07, 6.45) is 0.757. The lowest BCUT2D eigenvalue weighted by atomic mass is 9.98. The van der Waals surface area contributed by atoms with E-state index >= 15 is 0 Å². The van der Waals surface area contributed by atoms with Crippen LogP contribution in [0.3, 0.4) is 0 Å². The first-order chi connectivity index (χ1) is 8.63. The first kappa shape index (κ1) is 13.0. The number of nitrogens with zero attached hydrogens (tertiary/aromatic N) is 1. The molecule has 0 saturated carbocycles. The van der Waals surface area contributed by atoms with Gasteiger partial charge in [-0.15, -0.1) is 0 Å². The fraction of sp³-hybridized carbons (Fsp3) is 0.462. The number of hydrogen-bond donors (Lipinski definition) is 1. The first-order valence-corrected chi connectivity index (χ1v) is 6.01. The number of benzene rings is 1. The molecular weight excluding hydrogens is 238 g/mol. The van der Waals surface area contributed by atoms with Crippen molar-refractivity contribution in [2.75, 3.05) is 20.1 Å². The Kier molecular flexibility index (Phi) is 3.91. The molecule has 0 aromatic heterocycles. The Morgan fingerprint density at radius 1 is 1.33 bits per heavy atom. The molecule has 3 nitrogen and oxygen atoms in total. The molecule has 0 saturated heterocycles. The van der Waals surface area contributed by atoms with E-state index in [2.05, 4.69) is 5.32 Å². The van der Waals surface area contributed by atoms with Crippen LogP contribution in [-0.2, 0) is 17.8 Å². The molecule has 0 bridgehead atoms. The summed E-state index contributed by atoms with van der Waals surface area (Å²) < 4.78 is 27.1. The minimum Gasteiger partial charge on any atom is -0.338 e. The Morgan fingerprint density at radius 2 is 2.00 bits per heavy atom. The third kappa shape index (κ3) is 2.51. The van der Waals surface area contributed by atoms with Gasteiger partial charge in [-0.3, -0.25) is 4.79 Å². The molecule has 0 radical (unpaired) electrons. The van der Waals surface area contributed by atoms with Gasteiger partial charge >= 0.3 is 0 Å². The molecular formula is C13H16F2N2O. The van der Waals surface area contributed by atoms with Gasteiger partial charge in [0, 0.05) is 31.6 Å². The van der Waals surface area contributed by atoms with Crippen LogP contribution in [-0.4, -0.2) is 30.9 Å². The highest BCUT2D eigenvalue weighted by Gasteiger charge is 2.24. The van der Waals surface area contributed by atoms with Crippen LogP contribution in [0.4, 0.5) is 8.78 Å². The summed E-state index contributed by atoms with van der Waals surface area (Å²) >= 11 is 0. The second-order valence-electron chi connectivity index (χ2n) is 4.41. The highest BCUT2D eigenvalue weighted by molar-refractivity contribution is 5.76. The van der Waals surface area contributed by atoms with Gasteiger partial charge in [0.25, 0.3) is 0 Å². The van der Waals surface area contributed by atoms with E-state index in [4.69, 9.17) is 0 Å². The third-order valence-electron chi connectivity index (χ3n) is 3.24. The molecule has 0 fully saturated rings. The fourth-order valence-corrected chi connectivity index (χ4v) is 2.20. The van der Waals surface area contributed by atoms with Gasteiger partial charge in [-0.05, 0) is 31.2 Å². The predicted molar refractivity (Wildman–Crippen MR) is 64.0 cm³/mol. The maximum absolute atomic E-state index is 13.6. The topological polar surface area (TPSA) is 32.3 Å². The summed E-state index contributed by atoms with van der Waals surface area (Å²) in [6, 6.07) is 2.27. The zero-order valence-corrected chi connectivity index (χ0v) is 10.3. The average Bonchev–Trinajstić information content (AvgIpc) is 2.40. The lowest BCUT2D eigenvalue weighted by Gasteiger charge is -2.29. The van der Waals surface area contributed by atoms with Crippen LogP contribution in [0.5, 0.6) is 0 Å². The number of hydrogen-bond acceptors (Lipinski definition) is 2. The number of rotatable bonds is 3. The molecule has 1 aliphatic heterocycles. The molecule has 1 amide bonds. The summed E-state index contributed by atoms with van der Waals surface area (Å²) in [7, 11) is 1.77. The van der Waals surface area contributed by atoms with E-state index < -0.39 is 5.82 Å². The number of carbonyl (C=O) groups excluding carboxylic acids is 1. The summed E-state index contributed by atoms with van der Waals surface area (Å²) in [6.45, 7) is 1.21. The van der Waals surface area contributed by atoms with Crippen molar-refractivity contribution in [1.82, 2.24) is 10.2 Å². The third-order valence-corrected chi connectivity index (χ3v) is 3.24. The minimum absolute atomic E-state index is 0.0290. The molecule has 1 N–H and O–H groups in total. The highest BCUT2D eigenvalue weighted by Crippen LogP contribution is 2.24. The average molecular weight is 254 g/mol. The van der Waals surface area contributed by atoms with E-state index in [-0.39, 0.29) is 18.3 Å². The molecule has 5 heteroatoms. The molecule has 18 heavy (non-hydrogen) atoms. The van der Waals surface area contributed by atoms with Crippen molar-refractivity contribution in [1.29, 1.82) is 0 Å². The van der Waals surface area contributed by atoms with Crippen LogP contribution in [0.15, 0.2) is 12.1 Å². The smallest absolute Gasteiger partial charge is 0.224 e. The largest absolute Gasteiger partial charge is 0.338 e. The van der Waals surface area contributed by atoms with Gasteiger partial charge in [0.05, 0.1) is 0 Å². The molecule has 0 atom stereocenters. The van der Waals surface area contributed by atoms with Crippen LogP contribution in [0.1, 0.15) is 17.5 Å². The van der Waals surface area contributed by atoms with Crippen molar-refractivity contribution >= 4 is 5.91 Å². The zero-order valence-electron chi connectivity index (χ0n) is 10.3. The molecule has 0 aliphatic carbocycles. The number of amides is 1. The Labute approximate surface area is 105 Å². The van der Waals surface area contributed by atoms with Crippen molar-refractivity contribution in [2.45, 2.75) is 19.4 Å². The molecule has 98 valence electrons. The lowest BCUT2D eigenvalue weighted by Crippen LogP contribution is -2.37. The molecule has 1 heterocycles. The van der Waals surface area contributed by atoms with E-state index in [1.165, 1.54) is 0 Å². The maximum Gasteiger partial charge on any atom is 0.224 e. The number of carbonyl (C=O) groups is 1. The van der Waals surface area contributed by atoms with Crippen LogP contribution in [0.2, 0.25) is 0 Å². The van der Waals surface area contributed by atoms with Gasteiger partial charge in [-0.2, -0.15) is 0 Å².